The van der Waals surface area contributed by atoms with Gasteiger partial charge in [0.05, 0.1) is 10.7 Å². The highest BCUT2D eigenvalue weighted by molar-refractivity contribution is 6.34. The van der Waals surface area contributed by atoms with Crippen LogP contribution in [0.3, 0.4) is 0 Å². The van der Waals surface area contributed by atoms with Crippen LogP contribution in [0.5, 0.6) is 0 Å². The summed E-state index contributed by atoms with van der Waals surface area (Å²) >= 11 is 5.86. The highest BCUT2D eigenvalue weighted by Crippen LogP contribution is 2.25. The number of pyridine rings is 1. The van der Waals surface area contributed by atoms with Crippen LogP contribution in [0.4, 0.5) is 10.1 Å². The average Bonchev–Trinajstić information content (AvgIpc) is 2.87. The molecule has 0 unspecified atom stereocenters. The van der Waals surface area contributed by atoms with E-state index in [2.05, 4.69) is 15.3 Å². The Morgan fingerprint density at radius 2 is 2.15 bits per heavy atom. The standard InChI is InChI=1S/C14H9ClFN3O/c15-9-4-1-5-10(16)12(9)19-14(20)11-7-8-3-2-6-17-13(8)18-11/h1-7H,(H,17,18)(H,19,20). The third kappa shape index (κ3) is 2.23. The first-order valence-corrected chi connectivity index (χ1v) is 6.22. The van der Waals surface area contributed by atoms with Crippen molar-refractivity contribution in [2.75, 3.05) is 5.32 Å². The van der Waals surface area contributed by atoms with Gasteiger partial charge in [-0.2, -0.15) is 0 Å². The van der Waals surface area contributed by atoms with E-state index in [1.54, 1.807) is 18.3 Å². The number of carbonyl (C=O) groups is 1. The number of amides is 1. The number of H-pyrrole nitrogens is 1. The molecule has 2 aromatic heterocycles. The van der Waals surface area contributed by atoms with Crippen molar-refractivity contribution < 1.29 is 9.18 Å². The quantitative estimate of drug-likeness (QED) is 0.757. The van der Waals surface area contributed by atoms with Crippen molar-refractivity contribution in [1.82, 2.24) is 9.97 Å². The van der Waals surface area contributed by atoms with Gasteiger partial charge in [-0.05, 0) is 30.3 Å². The second kappa shape index (κ2) is 4.94. The Kier molecular flexibility index (Phi) is 3.12. The van der Waals surface area contributed by atoms with Gasteiger partial charge in [-0.1, -0.05) is 17.7 Å². The van der Waals surface area contributed by atoms with Gasteiger partial charge < -0.3 is 10.3 Å². The van der Waals surface area contributed by atoms with Gasteiger partial charge in [0.25, 0.3) is 5.91 Å². The van der Waals surface area contributed by atoms with Crippen molar-refractivity contribution in [3.63, 3.8) is 0 Å². The molecule has 2 heterocycles. The summed E-state index contributed by atoms with van der Waals surface area (Å²) in [4.78, 5) is 19.0. The zero-order valence-electron chi connectivity index (χ0n) is 10.2. The van der Waals surface area contributed by atoms with Gasteiger partial charge in [0.1, 0.15) is 17.2 Å². The molecule has 20 heavy (non-hydrogen) atoms. The van der Waals surface area contributed by atoms with Gasteiger partial charge in [0.15, 0.2) is 0 Å². The van der Waals surface area contributed by atoms with Crippen LogP contribution in [-0.2, 0) is 0 Å². The molecular formula is C14H9ClFN3O. The van der Waals surface area contributed by atoms with Gasteiger partial charge in [-0.3, -0.25) is 4.79 Å². The molecule has 6 heteroatoms. The van der Waals surface area contributed by atoms with E-state index in [4.69, 9.17) is 11.6 Å². The maximum atomic E-state index is 13.6. The van der Waals surface area contributed by atoms with Crippen LogP contribution in [-0.4, -0.2) is 15.9 Å². The molecule has 0 aliphatic carbocycles. The minimum absolute atomic E-state index is 0.0363. The summed E-state index contributed by atoms with van der Waals surface area (Å²) in [7, 11) is 0. The van der Waals surface area contributed by atoms with Gasteiger partial charge in [-0.25, -0.2) is 9.37 Å². The van der Waals surface area contributed by atoms with Crippen molar-refractivity contribution in [2.45, 2.75) is 0 Å². The summed E-state index contributed by atoms with van der Waals surface area (Å²) in [6.45, 7) is 0. The maximum absolute atomic E-state index is 13.6. The number of halogens is 2. The lowest BCUT2D eigenvalue weighted by atomic mass is 10.3. The molecule has 0 bridgehead atoms. The third-order valence-electron chi connectivity index (χ3n) is 2.84. The maximum Gasteiger partial charge on any atom is 0.272 e. The molecule has 0 aliphatic heterocycles. The molecule has 0 saturated heterocycles. The molecular weight excluding hydrogens is 281 g/mol. The van der Waals surface area contributed by atoms with E-state index >= 15 is 0 Å². The number of rotatable bonds is 2. The molecule has 2 N–H and O–H groups in total. The lowest BCUT2D eigenvalue weighted by Crippen LogP contribution is -2.13. The molecule has 0 radical (unpaired) electrons. The highest BCUT2D eigenvalue weighted by atomic mass is 35.5. The molecule has 0 atom stereocenters. The van der Waals surface area contributed by atoms with Crippen molar-refractivity contribution in [3.05, 3.63) is 59.1 Å². The first-order chi connectivity index (χ1) is 9.65. The highest BCUT2D eigenvalue weighted by Gasteiger charge is 2.14. The Labute approximate surface area is 118 Å². The number of fused-ring (bicyclic) bond motifs is 1. The zero-order chi connectivity index (χ0) is 14.1. The Bertz CT molecular complexity index is 747. The topological polar surface area (TPSA) is 57.8 Å². The molecule has 1 aromatic carbocycles. The number of nitrogens with zero attached hydrogens (tertiary/aromatic N) is 1. The Morgan fingerprint density at radius 1 is 1.30 bits per heavy atom. The van der Waals surface area contributed by atoms with Gasteiger partial charge >= 0.3 is 0 Å². The van der Waals surface area contributed by atoms with Crippen LogP contribution in [0.2, 0.25) is 5.02 Å². The molecule has 0 saturated carbocycles. The van der Waals surface area contributed by atoms with E-state index in [1.165, 1.54) is 18.2 Å². The summed E-state index contributed by atoms with van der Waals surface area (Å²) in [6, 6.07) is 9.45. The fraction of sp³-hybridized carbons (Fsp3) is 0. The summed E-state index contributed by atoms with van der Waals surface area (Å²) in [5, 5.41) is 3.40. The number of hydrogen-bond acceptors (Lipinski definition) is 2. The SMILES string of the molecule is O=C(Nc1c(F)cccc1Cl)c1cc2cccnc2[nH]1. The number of hydrogen-bond donors (Lipinski definition) is 2. The van der Waals surface area contributed by atoms with Crippen molar-refractivity contribution in [2.24, 2.45) is 0 Å². The van der Waals surface area contributed by atoms with Crippen molar-refractivity contribution in [3.8, 4) is 0 Å². The van der Waals surface area contributed by atoms with Crippen LogP contribution in [0, 0.1) is 5.82 Å². The number of nitrogens with one attached hydrogen (secondary N) is 2. The Morgan fingerprint density at radius 3 is 2.90 bits per heavy atom. The van der Waals surface area contributed by atoms with Crippen molar-refractivity contribution >= 4 is 34.2 Å². The monoisotopic (exact) mass is 289 g/mol. The van der Waals surface area contributed by atoms with E-state index in [-0.39, 0.29) is 16.4 Å². The predicted octanol–water partition coefficient (Wildman–Crippen LogP) is 3.61. The molecule has 0 aliphatic rings. The summed E-state index contributed by atoms with van der Waals surface area (Å²) in [5.74, 6) is -1.06. The van der Waals surface area contributed by atoms with Gasteiger partial charge in [0, 0.05) is 11.6 Å². The summed E-state index contributed by atoms with van der Waals surface area (Å²) < 4.78 is 13.6. The normalized spacial score (nSPS) is 10.7. The smallest absolute Gasteiger partial charge is 0.272 e. The zero-order valence-corrected chi connectivity index (χ0v) is 10.9. The number of aromatic amines is 1. The number of carbonyl (C=O) groups excluding carboxylic acids is 1. The minimum Gasteiger partial charge on any atom is -0.335 e. The summed E-state index contributed by atoms with van der Waals surface area (Å²) in [5.41, 5.74) is 0.848. The van der Waals surface area contributed by atoms with Crippen LogP contribution in [0.25, 0.3) is 11.0 Å². The molecule has 0 spiro atoms. The molecule has 4 nitrogen and oxygen atoms in total. The van der Waals surface area contributed by atoms with Crippen LogP contribution in [0.1, 0.15) is 10.5 Å². The fourth-order valence-corrected chi connectivity index (χ4v) is 2.09. The molecule has 3 aromatic rings. The van der Waals surface area contributed by atoms with Crippen LogP contribution >= 0.6 is 11.6 Å². The molecule has 100 valence electrons. The van der Waals surface area contributed by atoms with Crippen LogP contribution in [0.15, 0.2) is 42.6 Å². The fourth-order valence-electron chi connectivity index (χ4n) is 1.88. The van der Waals surface area contributed by atoms with Gasteiger partial charge in [0.2, 0.25) is 0 Å². The molecule has 3 rings (SSSR count). The molecule has 1 amide bonds. The van der Waals surface area contributed by atoms with Crippen molar-refractivity contribution in [1.29, 1.82) is 0 Å². The third-order valence-corrected chi connectivity index (χ3v) is 3.15. The van der Waals surface area contributed by atoms with E-state index < -0.39 is 11.7 Å². The van der Waals surface area contributed by atoms with E-state index in [0.717, 1.165) is 5.39 Å². The molecule has 0 fully saturated rings. The number of aromatic nitrogens is 2. The lowest BCUT2D eigenvalue weighted by molar-refractivity contribution is 0.102. The average molecular weight is 290 g/mol. The second-order valence-electron chi connectivity index (χ2n) is 4.18. The first kappa shape index (κ1) is 12.6. The van der Waals surface area contributed by atoms with E-state index in [9.17, 15) is 9.18 Å². The number of anilines is 1. The van der Waals surface area contributed by atoms with Crippen LogP contribution < -0.4 is 5.32 Å². The number of para-hydroxylation sites is 1. The predicted molar refractivity (Wildman–Crippen MR) is 75.5 cm³/mol. The number of benzene rings is 1. The lowest BCUT2D eigenvalue weighted by Gasteiger charge is -2.06. The minimum atomic E-state index is -0.583. The first-order valence-electron chi connectivity index (χ1n) is 5.84. The Balaban J connectivity index is 1.93. The largest absolute Gasteiger partial charge is 0.335 e. The van der Waals surface area contributed by atoms with E-state index in [1.807, 2.05) is 6.07 Å². The Hall–Kier alpha value is -2.40. The van der Waals surface area contributed by atoms with Gasteiger partial charge in [-0.15, -0.1) is 0 Å². The summed E-state index contributed by atoms with van der Waals surface area (Å²) in [6.07, 6.45) is 1.62. The second-order valence-corrected chi connectivity index (χ2v) is 4.58. The van der Waals surface area contributed by atoms with E-state index in [0.29, 0.717) is 5.65 Å².